The van der Waals surface area contributed by atoms with Crippen LogP contribution in [0.2, 0.25) is 5.02 Å². The van der Waals surface area contributed by atoms with E-state index in [0.717, 1.165) is 6.07 Å². The Bertz CT molecular complexity index is 975. The lowest BCUT2D eigenvalue weighted by molar-refractivity contribution is 0.0730. The predicted molar refractivity (Wildman–Crippen MR) is 100 cm³/mol. The number of nitrogens with zero attached hydrogens (tertiary/aromatic N) is 1. The third-order valence-corrected chi connectivity index (χ3v) is 6.37. The normalized spacial score (nSPS) is 15.5. The zero-order valence-electron chi connectivity index (χ0n) is 14.5. The van der Waals surface area contributed by atoms with Crippen molar-refractivity contribution in [3.05, 3.63) is 58.4 Å². The Kier molecular flexibility index (Phi) is 5.81. The molecule has 1 saturated heterocycles. The van der Waals surface area contributed by atoms with Gasteiger partial charge in [0, 0.05) is 23.7 Å². The molecular formula is C18H18ClFN2O4S. The SMILES string of the molecule is Cc1ccc(S(=O)(=O)N2CCOCC2)cc1C(=O)Nc1cc(Cl)ccc1F. The summed E-state index contributed by atoms with van der Waals surface area (Å²) in [4.78, 5) is 12.6. The number of halogens is 2. The van der Waals surface area contributed by atoms with Crippen LogP contribution in [-0.2, 0) is 14.8 Å². The lowest BCUT2D eigenvalue weighted by atomic mass is 10.1. The predicted octanol–water partition coefficient (Wildman–Crippen LogP) is 3.06. The summed E-state index contributed by atoms with van der Waals surface area (Å²) >= 11 is 5.84. The fourth-order valence-electron chi connectivity index (χ4n) is 2.73. The van der Waals surface area contributed by atoms with Crippen LogP contribution in [0.3, 0.4) is 0 Å². The molecule has 0 bridgehead atoms. The number of ether oxygens (including phenoxy) is 1. The maximum absolute atomic E-state index is 13.9. The molecular weight excluding hydrogens is 395 g/mol. The number of rotatable bonds is 4. The number of anilines is 1. The van der Waals surface area contributed by atoms with E-state index in [1.807, 2.05) is 0 Å². The van der Waals surface area contributed by atoms with Gasteiger partial charge in [0.2, 0.25) is 10.0 Å². The Morgan fingerprint density at radius 1 is 1.19 bits per heavy atom. The standard InChI is InChI=1S/C18H18ClFN2O4S/c1-12-2-4-14(27(24,25)22-6-8-26-9-7-22)11-15(12)18(23)21-17-10-13(19)3-5-16(17)20/h2-5,10-11H,6-9H2,1H3,(H,21,23). The van der Waals surface area contributed by atoms with Crippen molar-refractivity contribution < 1.29 is 22.3 Å². The summed E-state index contributed by atoms with van der Waals surface area (Å²) in [7, 11) is -3.74. The Morgan fingerprint density at radius 2 is 1.89 bits per heavy atom. The molecule has 2 aromatic rings. The fraction of sp³-hybridized carbons (Fsp3) is 0.278. The number of nitrogens with one attached hydrogen (secondary N) is 1. The highest BCUT2D eigenvalue weighted by molar-refractivity contribution is 7.89. The van der Waals surface area contributed by atoms with E-state index in [2.05, 4.69) is 5.32 Å². The van der Waals surface area contributed by atoms with E-state index in [1.54, 1.807) is 13.0 Å². The van der Waals surface area contributed by atoms with Gasteiger partial charge in [-0.25, -0.2) is 12.8 Å². The Labute approximate surface area is 161 Å². The molecule has 0 atom stereocenters. The molecule has 1 aliphatic heterocycles. The second kappa shape index (κ2) is 7.93. The minimum Gasteiger partial charge on any atom is -0.379 e. The Hall–Kier alpha value is -2.00. The number of benzene rings is 2. The van der Waals surface area contributed by atoms with E-state index in [0.29, 0.717) is 18.8 Å². The molecule has 144 valence electrons. The molecule has 1 N–H and O–H groups in total. The Morgan fingerprint density at radius 3 is 2.59 bits per heavy atom. The zero-order chi connectivity index (χ0) is 19.6. The number of hydrogen-bond acceptors (Lipinski definition) is 4. The average Bonchev–Trinajstić information content (AvgIpc) is 2.65. The largest absolute Gasteiger partial charge is 0.379 e. The first-order valence-electron chi connectivity index (χ1n) is 8.24. The van der Waals surface area contributed by atoms with Crippen molar-refractivity contribution in [2.24, 2.45) is 0 Å². The number of carbonyl (C=O) groups is 1. The zero-order valence-corrected chi connectivity index (χ0v) is 16.1. The topological polar surface area (TPSA) is 75.7 Å². The van der Waals surface area contributed by atoms with E-state index in [-0.39, 0.29) is 34.3 Å². The molecule has 0 radical (unpaired) electrons. The molecule has 1 aliphatic rings. The third-order valence-electron chi connectivity index (χ3n) is 4.24. The minimum atomic E-state index is -3.74. The maximum Gasteiger partial charge on any atom is 0.256 e. The van der Waals surface area contributed by atoms with Crippen LogP contribution in [0, 0.1) is 12.7 Å². The van der Waals surface area contributed by atoms with Gasteiger partial charge in [-0.3, -0.25) is 4.79 Å². The summed E-state index contributed by atoms with van der Waals surface area (Å²) in [5.41, 5.74) is 0.632. The van der Waals surface area contributed by atoms with E-state index in [4.69, 9.17) is 16.3 Å². The number of hydrogen-bond donors (Lipinski definition) is 1. The lowest BCUT2D eigenvalue weighted by Crippen LogP contribution is -2.40. The van der Waals surface area contributed by atoms with E-state index >= 15 is 0 Å². The number of morpholine rings is 1. The molecule has 0 aliphatic carbocycles. The van der Waals surface area contributed by atoms with Crippen LogP contribution >= 0.6 is 11.6 Å². The maximum atomic E-state index is 13.9. The van der Waals surface area contributed by atoms with Gasteiger partial charge in [-0.15, -0.1) is 0 Å². The highest BCUT2D eigenvalue weighted by Gasteiger charge is 2.27. The molecule has 0 spiro atoms. The first-order chi connectivity index (χ1) is 12.8. The van der Waals surface area contributed by atoms with Crippen LogP contribution < -0.4 is 5.32 Å². The number of sulfonamides is 1. The summed E-state index contributed by atoms with van der Waals surface area (Å²) in [6.45, 7) is 2.84. The van der Waals surface area contributed by atoms with Crippen LogP contribution in [0.25, 0.3) is 0 Å². The van der Waals surface area contributed by atoms with Crippen molar-refractivity contribution >= 4 is 33.2 Å². The lowest BCUT2D eigenvalue weighted by Gasteiger charge is -2.26. The molecule has 6 nitrogen and oxygen atoms in total. The van der Waals surface area contributed by atoms with Crippen LogP contribution in [0.4, 0.5) is 10.1 Å². The van der Waals surface area contributed by atoms with Crippen LogP contribution in [-0.4, -0.2) is 44.9 Å². The molecule has 27 heavy (non-hydrogen) atoms. The average molecular weight is 413 g/mol. The van der Waals surface area contributed by atoms with Crippen LogP contribution in [0.1, 0.15) is 15.9 Å². The van der Waals surface area contributed by atoms with Gasteiger partial charge in [0.05, 0.1) is 23.8 Å². The van der Waals surface area contributed by atoms with Gasteiger partial charge >= 0.3 is 0 Å². The van der Waals surface area contributed by atoms with Crippen molar-refractivity contribution in [2.45, 2.75) is 11.8 Å². The first-order valence-corrected chi connectivity index (χ1v) is 10.1. The molecule has 1 amide bonds. The first kappa shape index (κ1) is 19.8. The molecule has 1 fully saturated rings. The fourth-order valence-corrected chi connectivity index (χ4v) is 4.33. The van der Waals surface area contributed by atoms with Crippen molar-refractivity contribution in [3.8, 4) is 0 Å². The highest BCUT2D eigenvalue weighted by atomic mass is 35.5. The number of amides is 1. The van der Waals surface area contributed by atoms with Crippen LogP contribution in [0.5, 0.6) is 0 Å². The highest BCUT2D eigenvalue weighted by Crippen LogP contribution is 2.23. The van der Waals surface area contributed by atoms with Crippen LogP contribution in [0.15, 0.2) is 41.3 Å². The van der Waals surface area contributed by atoms with Gasteiger partial charge in [-0.05, 0) is 42.8 Å². The summed E-state index contributed by atoms with van der Waals surface area (Å²) < 4.78 is 46.0. The van der Waals surface area contributed by atoms with Gasteiger partial charge in [-0.1, -0.05) is 17.7 Å². The molecule has 2 aromatic carbocycles. The second-order valence-corrected chi connectivity index (χ2v) is 8.45. The Balaban J connectivity index is 1.91. The molecule has 9 heteroatoms. The van der Waals surface area contributed by atoms with E-state index < -0.39 is 21.7 Å². The van der Waals surface area contributed by atoms with E-state index in [1.165, 1.54) is 28.6 Å². The number of carbonyl (C=O) groups excluding carboxylic acids is 1. The van der Waals surface area contributed by atoms with Gasteiger partial charge in [0.15, 0.2) is 0 Å². The minimum absolute atomic E-state index is 0.00622. The van der Waals surface area contributed by atoms with Gasteiger partial charge in [-0.2, -0.15) is 4.31 Å². The summed E-state index contributed by atoms with van der Waals surface area (Å²) in [5.74, 6) is -1.25. The van der Waals surface area contributed by atoms with Crippen molar-refractivity contribution in [1.29, 1.82) is 0 Å². The molecule has 3 rings (SSSR count). The van der Waals surface area contributed by atoms with E-state index in [9.17, 15) is 17.6 Å². The third kappa shape index (κ3) is 4.30. The van der Waals surface area contributed by atoms with Gasteiger partial charge in [0.1, 0.15) is 5.82 Å². The monoisotopic (exact) mass is 412 g/mol. The molecule has 0 saturated carbocycles. The molecule has 0 aromatic heterocycles. The van der Waals surface area contributed by atoms with Crippen molar-refractivity contribution in [3.63, 3.8) is 0 Å². The summed E-state index contributed by atoms with van der Waals surface area (Å²) in [6, 6.07) is 8.11. The summed E-state index contributed by atoms with van der Waals surface area (Å²) in [6.07, 6.45) is 0. The molecule has 1 heterocycles. The number of aryl methyl sites for hydroxylation is 1. The molecule has 0 unspecified atom stereocenters. The van der Waals surface area contributed by atoms with Gasteiger partial charge in [0.25, 0.3) is 5.91 Å². The summed E-state index contributed by atoms with van der Waals surface area (Å²) in [5, 5.41) is 2.71. The second-order valence-electron chi connectivity index (χ2n) is 6.07. The van der Waals surface area contributed by atoms with Gasteiger partial charge < -0.3 is 10.1 Å². The quantitative estimate of drug-likeness (QED) is 0.837. The van der Waals surface area contributed by atoms with Crippen molar-refractivity contribution in [2.75, 3.05) is 31.6 Å². The van der Waals surface area contributed by atoms with Crippen molar-refractivity contribution in [1.82, 2.24) is 4.31 Å². The smallest absolute Gasteiger partial charge is 0.256 e.